The quantitative estimate of drug-likeness (QED) is 0.766. The van der Waals surface area contributed by atoms with E-state index in [9.17, 15) is 4.79 Å². The van der Waals surface area contributed by atoms with E-state index in [2.05, 4.69) is 16.7 Å². The Bertz CT molecular complexity index is 378. The second-order valence-electron chi connectivity index (χ2n) is 3.37. The van der Waals surface area contributed by atoms with Crippen LogP contribution in [0.5, 0.6) is 0 Å². The van der Waals surface area contributed by atoms with Gasteiger partial charge in [0, 0.05) is 13.1 Å². The van der Waals surface area contributed by atoms with Crippen LogP contribution in [0.3, 0.4) is 0 Å². The summed E-state index contributed by atoms with van der Waals surface area (Å²) in [6.07, 6.45) is 0. The fraction of sp³-hybridized carbons (Fsp3) is 0.333. The minimum absolute atomic E-state index is 0.00357. The molecule has 0 aromatic heterocycles. The molecule has 0 atom stereocenters. The molecule has 0 aliphatic heterocycles. The van der Waals surface area contributed by atoms with E-state index < -0.39 is 0 Å². The fourth-order valence-electron chi connectivity index (χ4n) is 1.28. The van der Waals surface area contributed by atoms with Crippen LogP contribution in [0.4, 0.5) is 0 Å². The van der Waals surface area contributed by atoms with Crippen molar-refractivity contribution in [3.8, 4) is 6.07 Å². The molecule has 4 nitrogen and oxygen atoms in total. The number of hydrogen-bond acceptors (Lipinski definition) is 3. The molecule has 0 heterocycles. The Morgan fingerprint density at radius 3 is 2.62 bits per heavy atom. The third-order valence-corrected chi connectivity index (χ3v) is 2.07. The van der Waals surface area contributed by atoms with Gasteiger partial charge in [0.1, 0.15) is 0 Å². The van der Waals surface area contributed by atoms with Crippen molar-refractivity contribution < 1.29 is 4.79 Å². The Kier molecular flexibility index (Phi) is 5.03. The first-order chi connectivity index (χ1) is 7.76. The maximum Gasteiger partial charge on any atom is 0.233 e. The molecule has 1 amide bonds. The van der Waals surface area contributed by atoms with Crippen molar-refractivity contribution in [1.29, 1.82) is 5.26 Å². The molecule has 0 saturated heterocycles. The first-order valence-corrected chi connectivity index (χ1v) is 5.22. The number of rotatable bonds is 5. The molecule has 0 unspecified atom stereocenters. The minimum atomic E-state index is -0.00357. The van der Waals surface area contributed by atoms with Crippen molar-refractivity contribution in [2.75, 3.05) is 13.1 Å². The van der Waals surface area contributed by atoms with E-state index in [1.165, 1.54) is 0 Å². The molecule has 84 valence electrons. The number of hydrogen-bond donors (Lipinski definition) is 2. The molecule has 0 spiro atoms. The maximum absolute atomic E-state index is 11.1. The zero-order valence-electron chi connectivity index (χ0n) is 9.29. The molecule has 1 rings (SSSR count). The zero-order chi connectivity index (χ0) is 11.8. The van der Waals surface area contributed by atoms with Crippen molar-refractivity contribution in [3.05, 3.63) is 35.4 Å². The minimum Gasteiger partial charge on any atom is -0.355 e. The lowest BCUT2D eigenvalue weighted by atomic mass is 10.1. The molecule has 1 aromatic rings. The number of nitriles is 1. The van der Waals surface area contributed by atoms with Gasteiger partial charge in [-0.25, -0.2) is 0 Å². The summed E-state index contributed by atoms with van der Waals surface area (Å²) in [7, 11) is 0. The van der Waals surface area contributed by atoms with Crippen LogP contribution >= 0.6 is 0 Å². The number of nitrogens with one attached hydrogen (secondary N) is 2. The summed E-state index contributed by atoms with van der Waals surface area (Å²) in [6.45, 7) is 3.48. The van der Waals surface area contributed by atoms with Gasteiger partial charge in [0.2, 0.25) is 5.91 Å². The van der Waals surface area contributed by atoms with Crippen molar-refractivity contribution >= 4 is 5.91 Å². The molecule has 1 aromatic carbocycles. The van der Waals surface area contributed by atoms with Gasteiger partial charge in [-0.15, -0.1) is 0 Å². The van der Waals surface area contributed by atoms with Gasteiger partial charge in [-0.2, -0.15) is 5.26 Å². The molecule has 0 aliphatic rings. The summed E-state index contributed by atoms with van der Waals surface area (Å²) in [6, 6.07) is 9.35. The molecule has 2 N–H and O–H groups in total. The number of likely N-dealkylation sites (N-methyl/N-ethyl adjacent to an activating group) is 1. The second-order valence-corrected chi connectivity index (χ2v) is 3.37. The average molecular weight is 217 g/mol. The average Bonchev–Trinajstić information content (AvgIpc) is 2.30. The van der Waals surface area contributed by atoms with Crippen LogP contribution in [0.1, 0.15) is 18.1 Å². The zero-order valence-corrected chi connectivity index (χ0v) is 9.29. The number of nitrogens with zero attached hydrogens (tertiary/aromatic N) is 1. The van der Waals surface area contributed by atoms with E-state index in [1.807, 2.05) is 19.1 Å². The largest absolute Gasteiger partial charge is 0.355 e. The summed E-state index contributed by atoms with van der Waals surface area (Å²) in [5, 5.41) is 14.4. The molecule has 0 fully saturated rings. The van der Waals surface area contributed by atoms with Gasteiger partial charge in [0.15, 0.2) is 0 Å². The molecule has 0 bridgehead atoms. The lowest BCUT2D eigenvalue weighted by Crippen LogP contribution is -2.33. The third kappa shape index (κ3) is 4.11. The van der Waals surface area contributed by atoms with Gasteiger partial charge in [0.05, 0.1) is 18.2 Å². The fourth-order valence-corrected chi connectivity index (χ4v) is 1.28. The Labute approximate surface area is 95.3 Å². The van der Waals surface area contributed by atoms with Crippen LogP contribution in [0, 0.1) is 11.3 Å². The van der Waals surface area contributed by atoms with Gasteiger partial charge in [0.25, 0.3) is 0 Å². The van der Waals surface area contributed by atoms with Crippen LogP contribution < -0.4 is 10.6 Å². The summed E-state index contributed by atoms with van der Waals surface area (Å²) in [5.74, 6) is -0.00357. The second kappa shape index (κ2) is 6.59. The molecular weight excluding hydrogens is 202 g/mol. The highest BCUT2D eigenvalue weighted by atomic mass is 16.1. The van der Waals surface area contributed by atoms with Crippen molar-refractivity contribution in [2.24, 2.45) is 0 Å². The van der Waals surface area contributed by atoms with Gasteiger partial charge in [-0.05, 0) is 24.6 Å². The van der Waals surface area contributed by atoms with Crippen molar-refractivity contribution in [3.63, 3.8) is 0 Å². The highest BCUT2D eigenvalue weighted by Crippen LogP contribution is 2.02. The Morgan fingerprint density at radius 2 is 2.06 bits per heavy atom. The molecule has 4 heteroatoms. The van der Waals surface area contributed by atoms with E-state index in [0.29, 0.717) is 25.2 Å². The van der Waals surface area contributed by atoms with Crippen LogP contribution in [-0.2, 0) is 11.3 Å². The van der Waals surface area contributed by atoms with Crippen molar-refractivity contribution in [2.45, 2.75) is 13.5 Å². The topological polar surface area (TPSA) is 64.9 Å². The van der Waals surface area contributed by atoms with Gasteiger partial charge in [-0.3, -0.25) is 4.79 Å². The molecule has 16 heavy (non-hydrogen) atoms. The van der Waals surface area contributed by atoms with Gasteiger partial charge in [-0.1, -0.05) is 12.1 Å². The highest BCUT2D eigenvalue weighted by molar-refractivity contribution is 5.77. The van der Waals surface area contributed by atoms with Crippen molar-refractivity contribution in [1.82, 2.24) is 10.6 Å². The molecular formula is C12H15N3O. The van der Waals surface area contributed by atoms with Crippen LogP contribution in [-0.4, -0.2) is 19.0 Å². The first kappa shape index (κ1) is 12.2. The Hall–Kier alpha value is -1.86. The van der Waals surface area contributed by atoms with Crippen LogP contribution in [0.2, 0.25) is 0 Å². The number of amides is 1. The Balaban J connectivity index is 2.32. The summed E-state index contributed by atoms with van der Waals surface area (Å²) in [5.41, 5.74) is 1.70. The predicted octanol–water partition coefficient (Wildman–Crippen LogP) is 0.784. The van der Waals surface area contributed by atoms with E-state index >= 15 is 0 Å². The monoisotopic (exact) mass is 217 g/mol. The highest BCUT2D eigenvalue weighted by Gasteiger charge is 1.98. The number of carbonyl (C=O) groups excluding carboxylic acids is 1. The van der Waals surface area contributed by atoms with E-state index in [0.717, 1.165) is 5.56 Å². The third-order valence-electron chi connectivity index (χ3n) is 2.07. The van der Waals surface area contributed by atoms with E-state index in [-0.39, 0.29) is 5.91 Å². The van der Waals surface area contributed by atoms with Gasteiger partial charge < -0.3 is 10.6 Å². The first-order valence-electron chi connectivity index (χ1n) is 5.22. The molecule has 0 radical (unpaired) electrons. The standard InChI is InChI=1S/C12H15N3O/c1-2-15-12(16)9-14-8-11-5-3-10(7-13)4-6-11/h3-6,14H,2,8-9H2,1H3,(H,15,16). The SMILES string of the molecule is CCNC(=O)CNCc1ccc(C#N)cc1. The van der Waals surface area contributed by atoms with E-state index in [4.69, 9.17) is 5.26 Å². The maximum atomic E-state index is 11.1. The normalized spacial score (nSPS) is 9.50. The molecule has 0 aliphatic carbocycles. The lowest BCUT2D eigenvalue weighted by molar-refractivity contribution is -0.120. The summed E-state index contributed by atoms with van der Waals surface area (Å²) in [4.78, 5) is 11.1. The van der Waals surface area contributed by atoms with Gasteiger partial charge >= 0.3 is 0 Å². The van der Waals surface area contributed by atoms with Crippen LogP contribution in [0.25, 0.3) is 0 Å². The van der Waals surface area contributed by atoms with Crippen LogP contribution in [0.15, 0.2) is 24.3 Å². The number of benzene rings is 1. The Morgan fingerprint density at radius 1 is 1.38 bits per heavy atom. The molecule has 0 saturated carbocycles. The summed E-state index contributed by atoms with van der Waals surface area (Å²) < 4.78 is 0. The summed E-state index contributed by atoms with van der Waals surface area (Å²) >= 11 is 0. The van der Waals surface area contributed by atoms with E-state index in [1.54, 1.807) is 12.1 Å². The lowest BCUT2D eigenvalue weighted by Gasteiger charge is -2.04. The number of carbonyl (C=O) groups is 1. The predicted molar refractivity (Wildman–Crippen MR) is 61.5 cm³/mol. The smallest absolute Gasteiger partial charge is 0.233 e.